The van der Waals surface area contributed by atoms with Gasteiger partial charge in [-0.2, -0.15) is 5.10 Å². The number of nitrogens with one attached hydrogen (secondary N) is 1. The first kappa shape index (κ1) is 13.5. The molecule has 0 radical (unpaired) electrons. The minimum Gasteiger partial charge on any atom is -0.494 e. The van der Waals surface area contributed by atoms with E-state index in [0.29, 0.717) is 23.9 Å². The van der Waals surface area contributed by atoms with E-state index >= 15 is 0 Å². The third-order valence-corrected chi connectivity index (χ3v) is 3.74. The molecule has 0 atom stereocenters. The average Bonchev–Trinajstić information content (AvgIpc) is 2.85. The topological polar surface area (TPSA) is 59.4 Å². The molecule has 110 valence electrons. The number of carbonyl (C=O) groups excluding carboxylic acids is 1. The van der Waals surface area contributed by atoms with Crippen molar-refractivity contribution in [3.8, 4) is 5.75 Å². The van der Waals surface area contributed by atoms with Crippen LogP contribution in [0.4, 0.5) is 11.4 Å². The van der Waals surface area contributed by atoms with Crippen molar-refractivity contribution in [2.45, 2.75) is 13.0 Å². The van der Waals surface area contributed by atoms with Crippen LogP contribution in [0.1, 0.15) is 11.7 Å². The number of hydrogen-bond donors (Lipinski definition) is 1. The summed E-state index contributed by atoms with van der Waals surface area (Å²) in [7, 11) is 1.60. The lowest BCUT2D eigenvalue weighted by atomic mass is 10.1. The molecule has 0 saturated carbocycles. The first-order valence-corrected chi connectivity index (χ1v) is 6.86. The summed E-state index contributed by atoms with van der Waals surface area (Å²) in [5.74, 6) is 0.665. The fourth-order valence-electron chi connectivity index (χ4n) is 2.53. The van der Waals surface area contributed by atoms with Crippen LogP contribution in [-0.4, -0.2) is 36.4 Å². The molecule has 1 N–H and O–H groups in total. The summed E-state index contributed by atoms with van der Waals surface area (Å²) < 4.78 is 7.33. The number of aryl methyl sites for hydroxylation is 1. The molecule has 0 aliphatic carbocycles. The molecule has 1 saturated heterocycles. The van der Waals surface area contributed by atoms with Gasteiger partial charge in [-0.15, -0.1) is 0 Å². The predicted molar refractivity (Wildman–Crippen MR) is 80.9 cm³/mol. The summed E-state index contributed by atoms with van der Waals surface area (Å²) in [6.07, 6.45) is 2.67. The largest absolute Gasteiger partial charge is 0.494 e. The molecular formula is C15H18N4O2. The molecule has 1 aromatic carbocycles. The first-order chi connectivity index (χ1) is 10.2. The Morgan fingerprint density at radius 2 is 2.19 bits per heavy atom. The fourth-order valence-corrected chi connectivity index (χ4v) is 2.53. The Kier molecular flexibility index (Phi) is 3.51. The van der Waals surface area contributed by atoms with Gasteiger partial charge < -0.3 is 15.0 Å². The third kappa shape index (κ3) is 2.56. The van der Waals surface area contributed by atoms with E-state index in [2.05, 4.69) is 15.3 Å². The number of amides is 1. The standard InChI is InChI=1S/C15H18N4O2/c1-11-5-6-19(17-11)13-8-18(9-13)12-3-4-14(16-10-20)15(7-12)21-2/h3-7,10,13H,8-9H2,1-2H3,(H,16,20). The van der Waals surface area contributed by atoms with Crippen LogP contribution in [0.3, 0.4) is 0 Å². The number of rotatable bonds is 5. The van der Waals surface area contributed by atoms with Crippen molar-refractivity contribution in [1.82, 2.24) is 9.78 Å². The number of ether oxygens (including phenoxy) is 1. The Bertz CT molecular complexity index is 647. The molecule has 0 spiro atoms. The second-order valence-electron chi connectivity index (χ2n) is 5.14. The Hall–Kier alpha value is -2.50. The van der Waals surface area contributed by atoms with Gasteiger partial charge in [-0.05, 0) is 25.1 Å². The normalized spacial score (nSPS) is 14.7. The van der Waals surface area contributed by atoms with Crippen molar-refractivity contribution in [3.05, 3.63) is 36.2 Å². The summed E-state index contributed by atoms with van der Waals surface area (Å²) in [6.45, 7) is 3.84. The molecule has 1 aliphatic heterocycles. The fraction of sp³-hybridized carbons (Fsp3) is 0.333. The van der Waals surface area contributed by atoms with E-state index in [1.807, 2.05) is 42.1 Å². The molecule has 1 aliphatic rings. The van der Waals surface area contributed by atoms with Gasteiger partial charge in [0.15, 0.2) is 0 Å². The second kappa shape index (κ2) is 5.47. The molecule has 3 rings (SSSR count). The summed E-state index contributed by atoms with van der Waals surface area (Å²) in [5, 5.41) is 7.08. The highest BCUT2D eigenvalue weighted by molar-refractivity contribution is 5.77. The smallest absolute Gasteiger partial charge is 0.211 e. The van der Waals surface area contributed by atoms with Gasteiger partial charge in [-0.25, -0.2) is 0 Å². The molecular weight excluding hydrogens is 268 g/mol. The van der Waals surface area contributed by atoms with E-state index in [9.17, 15) is 4.79 Å². The van der Waals surface area contributed by atoms with E-state index in [-0.39, 0.29) is 0 Å². The summed E-state index contributed by atoms with van der Waals surface area (Å²) in [6, 6.07) is 8.21. The first-order valence-electron chi connectivity index (χ1n) is 6.86. The molecule has 21 heavy (non-hydrogen) atoms. The maximum atomic E-state index is 10.5. The van der Waals surface area contributed by atoms with Gasteiger partial charge in [-0.1, -0.05) is 0 Å². The van der Waals surface area contributed by atoms with Crippen LogP contribution in [0, 0.1) is 6.92 Å². The predicted octanol–water partition coefficient (Wildman–Crippen LogP) is 1.83. The lowest BCUT2D eigenvalue weighted by Crippen LogP contribution is -2.48. The zero-order chi connectivity index (χ0) is 14.8. The van der Waals surface area contributed by atoms with Crippen LogP contribution in [0.2, 0.25) is 0 Å². The number of carbonyl (C=O) groups is 1. The van der Waals surface area contributed by atoms with E-state index in [1.165, 1.54) is 0 Å². The average molecular weight is 286 g/mol. The van der Waals surface area contributed by atoms with Gasteiger partial charge in [0, 0.05) is 31.0 Å². The molecule has 6 heteroatoms. The van der Waals surface area contributed by atoms with E-state index in [0.717, 1.165) is 24.5 Å². The van der Waals surface area contributed by atoms with Crippen molar-refractivity contribution in [1.29, 1.82) is 0 Å². The summed E-state index contributed by atoms with van der Waals surface area (Å²) in [5.41, 5.74) is 2.80. The molecule has 2 heterocycles. The molecule has 1 amide bonds. The van der Waals surface area contributed by atoms with Gasteiger partial charge in [-0.3, -0.25) is 9.48 Å². The van der Waals surface area contributed by atoms with Crippen LogP contribution >= 0.6 is 0 Å². The van der Waals surface area contributed by atoms with Crippen LogP contribution in [-0.2, 0) is 4.79 Å². The minimum absolute atomic E-state index is 0.414. The quantitative estimate of drug-likeness (QED) is 0.852. The summed E-state index contributed by atoms with van der Waals surface area (Å²) in [4.78, 5) is 12.8. The van der Waals surface area contributed by atoms with Gasteiger partial charge >= 0.3 is 0 Å². The highest BCUT2D eigenvalue weighted by Gasteiger charge is 2.29. The lowest BCUT2D eigenvalue weighted by molar-refractivity contribution is -0.105. The highest BCUT2D eigenvalue weighted by Crippen LogP contribution is 2.33. The maximum absolute atomic E-state index is 10.5. The Morgan fingerprint density at radius 3 is 2.81 bits per heavy atom. The van der Waals surface area contributed by atoms with Gasteiger partial charge in [0.1, 0.15) is 5.75 Å². The van der Waals surface area contributed by atoms with E-state index in [1.54, 1.807) is 7.11 Å². The molecule has 2 aromatic rings. The van der Waals surface area contributed by atoms with Crippen molar-refractivity contribution >= 4 is 17.8 Å². The molecule has 1 fully saturated rings. The Labute approximate surface area is 123 Å². The zero-order valence-electron chi connectivity index (χ0n) is 12.1. The SMILES string of the molecule is COc1cc(N2CC(n3ccc(C)n3)C2)ccc1NC=O. The monoisotopic (exact) mass is 286 g/mol. The maximum Gasteiger partial charge on any atom is 0.211 e. The number of hydrogen-bond acceptors (Lipinski definition) is 4. The second-order valence-corrected chi connectivity index (χ2v) is 5.14. The number of methoxy groups -OCH3 is 1. The van der Waals surface area contributed by atoms with Crippen LogP contribution in [0.5, 0.6) is 5.75 Å². The van der Waals surface area contributed by atoms with E-state index in [4.69, 9.17) is 4.74 Å². The van der Waals surface area contributed by atoms with Gasteiger partial charge in [0.2, 0.25) is 6.41 Å². The third-order valence-electron chi connectivity index (χ3n) is 3.74. The number of benzene rings is 1. The van der Waals surface area contributed by atoms with Crippen molar-refractivity contribution in [2.75, 3.05) is 30.4 Å². The highest BCUT2D eigenvalue weighted by atomic mass is 16.5. The van der Waals surface area contributed by atoms with Crippen molar-refractivity contribution in [2.24, 2.45) is 0 Å². The Balaban J connectivity index is 1.70. The Morgan fingerprint density at radius 1 is 1.38 bits per heavy atom. The summed E-state index contributed by atoms with van der Waals surface area (Å²) >= 11 is 0. The minimum atomic E-state index is 0.414. The van der Waals surface area contributed by atoms with Crippen molar-refractivity contribution < 1.29 is 9.53 Å². The van der Waals surface area contributed by atoms with Gasteiger partial charge in [0.25, 0.3) is 0 Å². The zero-order valence-corrected chi connectivity index (χ0v) is 12.1. The van der Waals surface area contributed by atoms with Crippen LogP contribution in [0.25, 0.3) is 0 Å². The molecule has 0 bridgehead atoms. The van der Waals surface area contributed by atoms with Crippen molar-refractivity contribution in [3.63, 3.8) is 0 Å². The molecule has 0 unspecified atom stereocenters. The van der Waals surface area contributed by atoms with Gasteiger partial charge in [0.05, 0.1) is 24.5 Å². The lowest BCUT2D eigenvalue weighted by Gasteiger charge is -2.41. The number of nitrogens with zero attached hydrogens (tertiary/aromatic N) is 3. The van der Waals surface area contributed by atoms with Crippen LogP contribution in [0.15, 0.2) is 30.5 Å². The molecule has 6 nitrogen and oxygen atoms in total. The molecule has 1 aromatic heterocycles. The number of aromatic nitrogens is 2. The van der Waals surface area contributed by atoms with Crippen LogP contribution < -0.4 is 15.0 Å². The number of anilines is 2. The van der Waals surface area contributed by atoms with E-state index < -0.39 is 0 Å².